The lowest BCUT2D eigenvalue weighted by atomic mass is 10.2. The minimum absolute atomic E-state index is 0.0565. The zero-order valence-electron chi connectivity index (χ0n) is 14.9. The maximum atomic E-state index is 12.5. The summed E-state index contributed by atoms with van der Waals surface area (Å²) >= 11 is 2.64. The van der Waals surface area contributed by atoms with Crippen molar-refractivity contribution in [1.29, 1.82) is 0 Å². The van der Waals surface area contributed by atoms with Gasteiger partial charge < -0.3 is 10.6 Å². The highest BCUT2D eigenvalue weighted by molar-refractivity contribution is 7.13. The number of aromatic nitrogens is 3. The third kappa shape index (κ3) is 4.41. The van der Waals surface area contributed by atoms with Crippen molar-refractivity contribution >= 4 is 45.3 Å². The van der Waals surface area contributed by atoms with Crippen LogP contribution in [-0.4, -0.2) is 44.5 Å². The molecule has 2 amide bonds. The van der Waals surface area contributed by atoms with Gasteiger partial charge >= 0.3 is 0 Å². The topological polar surface area (TPSA) is 100 Å². The predicted molar refractivity (Wildman–Crippen MR) is 108 cm³/mol. The summed E-state index contributed by atoms with van der Waals surface area (Å²) < 4.78 is 0. The Morgan fingerprint density at radius 2 is 2.04 bits per heavy atom. The molecule has 144 valence electrons. The fraction of sp³-hybridized carbons (Fsp3) is 0.278. The van der Waals surface area contributed by atoms with E-state index in [1.165, 1.54) is 22.7 Å². The van der Waals surface area contributed by atoms with Crippen molar-refractivity contribution in [3.8, 4) is 0 Å². The number of thiazole rings is 1. The molecule has 0 aliphatic carbocycles. The first kappa shape index (κ1) is 18.7. The summed E-state index contributed by atoms with van der Waals surface area (Å²) in [7, 11) is 0. The Bertz CT molecular complexity index is 944. The van der Waals surface area contributed by atoms with E-state index in [9.17, 15) is 9.59 Å². The predicted octanol–water partition coefficient (Wildman–Crippen LogP) is 2.85. The fourth-order valence-corrected chi connectivity index (χ4v) is 4.37. The normalized spacial score (nSPS) is 16.8. The molecule has 4 rings (SSSR count). The van der Waals surface area contributed by atoms with Gasteiger partial charge in [-0.25, -0.2) is 4.98 Å². The second kappa shape index (κ2) is 8.55. The Morgan fingerprint density at radius 1 is 1.18 bits per heavy atom. The molecule has 0 spiro atoms. The summed E-state index contributed by atoms with van der Waals surface area (Å²) in [5, 5.41) is 17.3. The second-order valence-corrected chi connectivity index (χ2v) is 8.23. The highest BCUT2D eigenvalue weighted by Gasteiger charge is 2.32. The third-order valence-electron chi connectivity index (χ3n) is 4.36. The Balaban J connectivity index is 1.37. The van der Waals surface area contributed by atoms with Crippen molar-refractivity contribution in [3.05, 3.63) is 51.9 Å². The summed E-state index contributed by atoms with van der Waals surface area (Å²) in [5.41, 5.74) is 0.711. The van der Waals surface area contributed by atoms with Crippen LogP contribution in [0.2, 0.25) is 0 Å². The first-order valence-electron chi connectivity index (χ1n) is 8.82. The summed E-state index contributed by atoms with van der Waals surface area (Å²) in [6, 6.07) is 8.99. The number of amides is 2. The maximum absolute atomic E-state index is 12.5. The molecule has 0 radical (unpaired) electrons. The third-order valence-corrected chi connectivity index (χ3v) is 5.96. The lowest BCUT2D eigenvalue weighted by Crippen LogP contribution is -2.39. The van der Waals surface area contributed by atoms with Crippen LogP contribution in [0.15, 0.2) is 41.9 Å². The minimum Gasteiger partial charge on any atom is -0.320 e. The number of likely N-dealkylation sites (tertiary alicyclic amines) is 1. The lowest BCUT2D eigenvalue weighted by Gasteiger charge is -2.21. The van der Waals surface area contributed by atoms with Gasteiger partial charge in [-0.15, -0.1) is 21.5 Å². The van der Waals surface area contributed by atoms with Gasteiger partial charge in [0.05, 0.1) is 12.6 Å². The monoisotopic (exact) mass is 414 g/mol. The van der Waals surface area contributed by atoms with E-state index >= 15 is 0 Å². The number of carbonyl (C=O) groups excluding carboxylic acids is 2. The molecular formula is C18H18N6O2S2. The molecule has 0 saturated carbocycles. The minimum atomic E-state index is -0.283. The molecule has 0 bridgehead atoms. The van der Waals surface area contributed by atoms with E-state index in [2.05, 4.69) is 30.7 Å². The highest BCUT2D eigenvalue weighted by Crippen LogP contribution is 2.23. The van der Waals surface area contributed by atoms with Gasteiger partial charge in [-0.05, 0) is 31.5 Å². The van der Waals surface area contributed by atoms with Gasteiger partial charge in [0.15, 0.2) is 5.13 Å². The Hall–Kier alpha value is -2.69. The molecule has 1 atom stereocenters. The van der Waals surface area contributed by atoms with Crippen LogP contribution in [0, 0.1) is 0 Å². The van der Waals surface area contributed by atoms with Crippen molar-refractivity contribution in [2.24, 2.45) is 0 Å². The van der Waals surface area contributed by atoms with E-state index in [-0.39, 0.29) is 17.9 Å². The Morgan fingerprint density at radius 3 is 2.82 bits per heavy atom. The Labute approximate surface area is 169 Å². The first-order valence-corrected chi connectivity index (χ1v) is 10.5. The number of rotatable bonds is 6. The summed E-state index contributed by atoms with van der Waals surface area (Å²) in [6.45, 7) is 1.30. The van der Waals surface area contributed by atoms with Gasteiger partial charge in [0.25, 0.3) is 5.91 Å². The zero-order valence-corrected chi connectivity index (χ0v) is 16.5. The van der Waals surface area contributed by atoms with Gasteiger partial charge in [-0.3, -0.25) is 14.5 Å². The van der Waals surface area contributed by atoms with Gasteiger partial charge in [0.1, 0.15) is 5.01 Å². The largest absolute Gasteiger partial charge is 0.320 e. The molecule has 3 aromatic rings. The molecule has 10 heteroatoms. The molecule has 0 unspecified atom stereocenters. The molecule has 1 aromatic carbocycles. The number of hydrogen-bond donors (Lipinski definition) is 2. The maximum Gasteiger partial charge on any atom is 0.286 e. The van der Waals surface area contributed by atoms with E-state index in [0.717, 1.165) is 19.4 Å². The van der Waals surface area contributed by atoms with Crippen LogP contribution in [0.5, 0.6) is 0 Å². The van der Waals surface area contributed by atoms with Crippen molar-refractivity contribution in [2.45, 2.75) is 25.4 Å². The fourth-order valence-electron chi connectivity index (χ4n) is 3.08. The summed E-state index contributed by atoms with van der Waals surface area (Å²) in [4.78, 5) is 31.0. The standard InChI is InChI=1S/C18H18N6O2S2/c25-15(21-18-19-8-10-27-18)13-7-4-9-24(13)11-14-22-23-17(28-14)16(26)20-12-5-2-1-3-6-12/h1-3,5-6,8,10,13H,4,7,9,11H2,(H,20,26)(H,19,21,25)/t13-/m1/s1. The SMILES string of the molecule is O=C(Nc1ccccc1)c1nnc(CN2CCC[C@@H]2C(=O)Nc2nccs2)s1. The number of nitrogens with zero attached hydrogens (tertiary/aromatic N) is 4. The van der Waals surface area contributed by atoms with E-state index in [1.807, 2.05) is 35.7 Å². The van der Waals surface area contributed by atoms with Gasteiger partial charge in [0, 0.05) is 17.3 Å². The lowest BCUT2D eigenvalue weighted by molar-refractivity contribution is -0.120. The number of anilines is 2. The van der Waals surface area contributed by atoms with E-state index in [1.54, 1.807) is 6.20 Å². The van der Waals surface area contributed by atoms with E-state index in [0.29, 0.717) is 27.4 Å². The summed E-state index contributed by atoms with van der Waals surface area (Å²) in [5.74, 6) is -0.339. The first-order chi connectivity index (χ1) is 13.7. The number of nitrogens with one attached hydrogen (secondary N) is 2. The van der Waals surface area contributed by atoms with Gasteiger partial charge in [-0.2, -0.15) is 0 Å². The van der Waals surface area contributed by atoms with Crippen LogP contribution in [0.3, 0.4) is 0 Å². The number of hydrogen-bond acceptors (Lipinski definition) is 8. The average molecular weight is 415 g/mol. The van der Waals surface area contributed by atoms with Crippen LogP contribution < -0.4 is 10.6 Å². The molecule has 28 heavy (non-hydrogen) atoms. The van der Waals surface area contributed by atoms with E-state index in [4.69, 9.17) is 0 Å². The highest BCUT2D eigenvalue weighted by atomic mass is 32.1. The van der Waals surface area contributed by atoms with Crippen LogP contribution in [-0.2, 0) is 11.3 Å². The van der Waals surface area contributed by atoms with Crippen LogP contribution in [0.1, 0.15) is 27.7 Å². The molecule has 2 aromatic heterocycles. The average Bonchev–Trinajstić information content (AvgIpc) is 3.45. The smallest absolute Gasteiger partial charge is 0.286 e. The van der Waals surface area contributed by atoms with Crippen molar-refractivity contribution < 1.29 is 9.59 Å². The number of carbonyl (C=O) groups is 2. The molecule has 1 aliphatic rings. The molecule has 8 nitrogen and oxygen atoms in total. The number of benzene rings is 1. The van der Waals surface area contributed by atoms with Crippen molar-refractivity contribution in [2.75, 3.05) is 17.2 Å². The second-order valence-electron chi connectivity index (χ2n) is 6.28. The molecule has 1 saturated heterocycles. The molecule has 1 aliphatic heterocycles. The van der Waals surface area contributed by atoms with Gasteiger partial charge in [-0.1, -0.05) is 29.5 Å². The summed E-state index contributed by atoms with van der Waals surface area (Å²) in [6.07, 6.45) is 3.39. The number of para-hydroxylation sites is 1. The molecule has 2 N–H and O–H groups in total. The quantitative estimate of drug-likeness (QED) is 0.643. The van der Waals surface area contributed by atoms with Gasteiger partial charge in [0.2, 0.25) is 10.9 Å². The van der Waals surface area contributed by atoms with Crippen LogP contribution in [0.4, 0.5) is 10.8 Å². The van der Waals surface area contributed by atoms with Crippen molar-refractivity contribution in [1.82, 2.24) is 20.1 Å². The molecular weight excluding hydrogens is 396 g/mol. The Kier molecular flexibility index (Phi) is 5.70. The van der Waals surface area contributed by atoms with Crippen molar-refractivity contribution in [3.63, 3.8) is 0 Å². The molecule has 3 heterocycles. The van der Waals surface area contributed by atoms with Crippen LogP contribution in [0.25, 0.3) is 0 Å². The van der Waals surface area contributed by atoms with E-state index < -0.39 is 0 Å². The molecule has 1 fully saturated rings. The van der Waals surface area contributed by atoms with Crippen LogP contribution >= 0.6 is 22.7 Å². The zero-order chi connectivity index (χ0) is 19.3.